The summed E-state index contributed by atoms with van der Waals surface area (Å²) in [6.07, 6.45) is 3.28. The average molecular weight is 424 g/mol. The number of nitrogens with one attached hydrogen (secondary N) is 1. The maximum atomic E-state index is 12.9. The summed E-state index contributed by atoms with van der Waals surface area (Å²) in [5.74, 6) is -0.259. The molecule has 0 unspecified atom stereocenters. The Bertz CT molecular complexity index is 1060. The van der Waals surface area contributed by atoms with Gasteiger partial charge in [0.1, 0.15) is 0 Å². The third-order valence-electron chi connectivity index (χ3n) is 4.30. The molecule has 2 aromatic heterocycles. The Morgan fingerprint density at radius 3 is 2.52 bits per heavy atom. The molecule has 0 aliphatic heterocycles. The molecule has 0 amide bonds. The zero-order chi connectivity index (χ0) is 21.2. The van der Waals surface area contributed by atoms with Gasteiger partial charge in [0.2, 0.25) is 5.88 Å². The van der Waals surface area contributed by atoms with Crippen molar-refractivity contribution in [2.75, 3.05) is 11.9 Å². The number of anilines is 1. The van der Waals surface area contributed by atoms with E-state index in [0.29, 0.717) is 12.2 Å². The second-order valence-electron chi connectivity index (χ2n) is 6.22. The Balaban J connectivity index is 1.97. The fourth-order valence-corrected chi connectivity index (χ4v) is 3.47. The van der Waals surface area contributed by atoms with Crippen molar-refractivity contribution in [3.05, 3.63) is 64.5 Å². The van der Waals surface area contributed by atoms with Crippen LogP contribution in [0, 0.1) is 6.92 Å². The third kappa shape index (κ3) is 4.58. The first-order valence-corrected chi connectivity index (χ1v) is 9.57. The van der Waals surface area contributed by atoms with Crippen LogP contribution in [0.3, 0.4) is 0 Å². The number of hydrogen-bond donors (Lipinski definition) is 2. The molecule has 0 radical (unpaired) electrons. The molecule has 0 aliphatic rings. The number of hydrogen-bond acceptors (Lipinski definition) is 5. The largest absolute Gasteiger partial charge is 0.493 e. The number of pyridine rings is 1. The van der Waals surface area contributed by atoms with Gasteiger partial charge in [0.05, 0.1) is 29.8 Å². The molecule has 2 heterocycles. The lowest BCUT2D eigenvalue weighted by atomic mass is 10.2. The van der Waals surface area contributed by atoms with Gasteiger partial charge in [-0.25, -0.2) is 9.36 Å². The molecule has 3 aromatic rings. The first-order chi connectivity index (χ1) is 13.7. The SMILES string of the molecule is CCNc1cnccc1Cn1c(C)c(O)n(-c2ccc(SC(F)(F)F)cc2)c1=O. The van der Waals surface area contributed by atoms with E-state index in [1.807, 2.05) is 6.92 Å². The molecule has 0 saturated carbocycles. The minimum Gasteiger partial charge on any atom is -0.493 e. The highest BCUT2D eigenvalue weighted by Crippen LogP contribution is 2.37. The van der Waals surface area contributed by atoms with E-state index in [-0.39, 0.29) is 34.8 Å². The molecular weight excluding hydrogens is 405 g/mol. The van der Waals surface area contributed by atoms with E-state index in [9.17, 15) is 23.1 Å². The van der Waals surface area contributed by atoms with Gasteiger partial charge in [-0.05, 0) is 61.5 Å². The summed E-state index contributed by atoms with van der Waals surface area (Å²) in [5, 5.41) is 13.7. The van der Waals surface area contributed by atoms with Gasteiger partial charge in [0.25, 0.3) is 0 Å². The number of nitrogens with zero attached hydrogens (tertiary/aromatic N) is 3. The number of alkyl halides is 3. The summed E-state index contributed by atoms with van der Waals surface area (Å²) < 4.78 is 40.0. The van der Waals surface area contributed by atoms with Gasteiger partial charge in [-0.2, -0.15) is 13.2 Å². The minimum absolute atomic E-state index is 0.00277. The molecule has 0 fully saturated rings. The first kappa shape index (κ1) is 20.8. The molecule has 10 heteroatoms. The van der Waals surface area contributed by atoms with Crippen LogP contribution in [0.5, 0.6) is 5.88 Å². The lowest BCUT2D eigenvalue weighted by molar-refractivity contribution is -0.0328. The van der Waals surface area contributed by atoms with Crippen molar-refractivity contribution in [3.8, 4) is 11.6 Å². The van der Waals surface area contributed by atoms with Crippen LogP contribution in [0.15, 0.2) is 52.4 Å². The van der Waals surface area contributed by atoms with Gasteiger partial charge in [0, 0.05) is 17.6 Å². The smallest absolute Gasteiger partial charge is 0.446 e. The minimum atomic E-state index is -4.39. The van der Waals surface area contributed by atoms with Gasteiger partial charge in [-0.15, -0.1) is 0 Å². The molecule has 0 saturated heterocycles. The molecule has 0 spiro atoms. The third-order valence-corrected chi connectivity index (χ3v) is 5.04. The van der Waals surface area contributed by atoms with Crippen molar-refractivity contribution in [1.82, 2.24) is 14.1 Å². The highest BCUT2D eigenvalue weighted by molar-refractivity contribution is 8.00. The molecule has 6 nitrogen and oxygen atoms in total. The van der Waals surface area contributed by atoms with Gasteiger partial charge in [0.15, 0.2) is 0 Å². The molecule has 0 atom stereocenters. The van der Waals surface area contributed by atoms with Crippen LogP contribution in [0.2, 0.25) is 0 Å². The van der Waals surface area contributed by atoms with E-state index in [1.165, 1.54) is 28.8 Å². The van der Waals surface area contributed by atoms with Gasteiger partial charge in [-0.3, -0.25) is 9.55 Å². The summed E-state index contributed by atoms with van der Waals surface area (Å²) in [4.78, 5) is 17.0. The van der Waals surface area contributed by atoms with Gasteiger partial charge >= 0.3 is 11.2 Å². The molecule has 3 rings (SSSR count). The summed E-state index contributed by atoms with van der Waals surface area (Å²) in [6.45, 7) is 4.44. The van der Waals surface area contributed by atoms with E-state index in [4.69, 9.17) is 0 Å². The highest BCUT2D eigenvalue weighted by atomic mass is 32.2. The number of benzene rings is 1. The molecule has 29 heavy (non-hydrogen) atoms. The zero-order valence-electron chi connectivity index (χ0n) is 15.7. The molecule has 0 aliphatic carbocycles. The highest BCUT2D eigenvalue weighted by Gasteiger charge is 2.29. The quantitative estimate of drug-likeness (QED) is 0.582. The zero-order valence-corrected chi connectivity index (χ0v) is 16.5. The number of imidazole rings is 1. The predicted molar refractivity (Wildman–Crippen MR) is 106 cm³/mol. The predicted octanol–water partition coefficient (Wildman–Crippen LogP) is 4.14. The van der Waals surface area contributed by atoms with E-state index in [1.54, 1.807) is 25.4 Å². The fourth-order valence-electron chi connectivity index (χ4n) is 2.93. The lowest BCUT2D eigenvalue weighted by Crippen LogP contribution is -2.24. The maximum Gasteiger partial charge on any atom is 0.446 e. The van der Waals surface area contributed by atoms with E-state index < -0.39 is 11.2 Å². The van der Waals surface area contributed by atoms with E-state index >= 15 is 0 Å². The van der Waals surface area contributed by atoms with Crippen LogP contribution in [0.4, 0.5) is 18.9 Å². The second-order valence-corrected chi connectivity index (χ2v) is 7.36. The summed E-state index contributed by atoms with van der Waals surface area (Å²) >= 11 is -0.239. The van der Waals surface area contributed by atoms with Crippen molar-refractivity contribution >= 4 is 17.4 Å². The monoisotopic (exact) mass is 424 g/mol. The van der Waals surface area contributed by atoms with Crippen molar-refractivity contribution < 1.29 is 18.3 Å². The normalized spacial score (nSPS) is 11.6. The number of aromatic nitrogens is 3. The maximum absolute atomic E-state index is 12.9. The Morgan fingerprint density at radius 2 is 1.90 bits per heavy atom. The standard InChI is InChI=1S/C19H19F3N4O2S/c1-3-24-16-10-23-9-8-13(16)11-25-12(2)17(27)26(18(25)28)14-4-6-15(7-5-14)29-19(20,21)22/h4-10,24,27H,3,11H2,1-2H3. The number of aromatic hydroxyl groups is 1. The number of halogens is 3. The Labute approximate surface area is 169 Å². The van der Waals surface area contributed by atoms with Crippen molar-refractivity contribution in [1.29, 1.82) is 0 Å². The molecular formula is C19H19F3N4O2S. The summed E-state index contributed by atoms with van der Waals surface area (Å²) in [7, 11) is 0. The van der Waals surface area contributed by atoms with Crippen LogP contribution >= 0.6 is 11.8 Å². The Kier molecular flexibility index (Phi) is 5.92. The van der Waals surface area contributed by atoms with Gasteiger partial charge < -0.3 is 10.4 Å². The lowest BCUT2D eigenvalue weighted by Gasteiger charge is -2.11. The van der Waals surface area contributed by atoms with Crippen LogP contribution in [-0.2, 0) is 6.54 Å². The Hall–Kier alpha value is -2.88. The molecule has 154 valence electrons. The van der Waals surface area contributed by atoms with Crippen molar-refractivity contribution in [2.45, 2.75) is 30.8 Å². The van der Waals surface area contributed by atoms with Crippen LogP contribution in [-0.4, -0.2) is 31.3 Å². The first-order valence-electron chi connectivity index (χ1n) is 8.75. The topological polar surface area (TPSA) is 72.1 Å². The fraction of sp³-hybridized carbons (Fsp3) is 0.263. The molecule has 1 aromatic carbocycles. The second kappa shape index (κ2) is 8.24. The summed E-state index contributed by atoms with van der Waals surface area (Å²) in [6, 6.07) is 7.04. The Morgan fingerprint density at radius 1 is 1.21 bits per heavy atom. The van der Waals surface area contributed by atoms with Crippen LogP contribution < -0.4 is 11.0 Å². The number of rotatable bonds is 6. The molecule has 0 bridgehead atoms. The van der Waals surface area contributed by atoms with Gasteiger partial charge in [-0.1, -0.05) is 0 Å². The average Bonchev–Trinajstić information content (AvgIpc) is 2.86. The molecule has 2 N–H and O–H groups in total. The van der Waals surface area contributed by atoms with E-state index in [2.05, 4.69) is 10.3 Å². The van der Waals surface area contributed by atoms with E-state index in [0.717, 1.165) is 15.8 Å². The number of thioether (sulfide) groups is 1. The van der Waals surface area contributed by atoms with Crippen molar-refractivity contribution in [3.63, 3.8) is 0 Å². The van der Waals surface area contributed by atoms with Crippen LogP contribution in [0.1, 0.15) is 18.2 Å². The van der Waals surface area contributed by atoms with Crippen LogP contribution in [0.25, 0.3) is 5.69 Å². The van der Waals surface area contributed by atoms with Crippen molar-refractivity contribution in [2.24, 2.45) is 0 Å². The summed E-state index contributed by atoms with van der Waals surface area (Å²) in [5.41, 5.74) is -2.65.